The van der Waals surface area contributed by atoms with Gasteiger partial charge in [-0.15, -0.1) is 0 Å². The zero-order chi connectivity index (χ0) is 47.3. The van der Waals surface area contributed by atoms with Crippen LogP contribution in [0.3, 0.4) is 0 Å². The molecule has 2 aromatic rings. The van der Waals surface area contributed by atoms with Crippen molar-refractivity contribution in [2.75, 3.05) is 20.3 Å². The van der Waals surface area contributed by atoms with Gasteiger partial charge in [-0.25, -0.2) is 19.1 Å². The van der Waals surface area contributed by atoms with Gasteiger partial charge in [-0.3, -0.25) is 4.79 Å². The predicted octanol–water partition coefficient (Wildman–Crippen LogP) is 4.34. The van der Waals surface area contributed by atoms with Crippen molar-refractivity contribution in [2.24, 2.45) is 40.4 Å². The minimum Gasteiger partial charge on any atom is -0.497 e. The Balaban J connectivity index is 1.02. The van der Waals surface area contributed by atoms with Crippen molar-refractivity contribution in [1.29, 1.82) is 0 Å². The quantitative estimate of drug-likeness (QED) is 0.139. The second kappa shape index (κ2) is 19.3. The van der Waals surface area contributed by atoms with E-state index in [-0.39, 0.29) is 59.6 Å². The molecular weight excluding hydrogens is 857 g/mol. The molecule has 3 saturated carbocycles. The van der Waals surface area contributed by atoms with Crippen LogP contribution in [0.2, 0.25) is 0 Å². The van der Waals surface area contributed by atoms with E-state index in [1.807, 2.05) is 0 Å². The third-order valence-electron chi connectivity index (χ3n) is 16.4. The van der Waals surface area contributed by atoms with E-state index >= 15 is 0 Å². The largest absolute Gasteiger partial charge is 0.497 e. The fraction of sp³-hybridized carbons (Fsp3) is 0.714. The van der Waals surface area contributed by atoms with E-state index in [1.54, 1.807) is 25.3 Å². The van der Waals surface area contributed by atoms with E-state index in [1.165, 1.54) is 41.9 Å². The summed E-state index contributed by atoms with van der Waals surface area (Å²) in [5.41, 5.74) is -1.20. The third-order valence-corrected chi connectivity index (χ3v) is 16.4. The fourth-order valence-corrected chi connectivity index (χ4v) is 12.5. The number of rotatable bonds is 13. The molecule has 2 saturated heterocycles. The molecule has 0 spiro atoms. The number of aliphatic hydroxyl groups excluding tert-OH is 4. The van der Waals surface area contributed by atoms with Gasteiger partial charge in [0.1, 0.15) is 60.1 Å². The molecule has 3 heterocycles. The highest BCUT2D eigenvalue weighted by molar-refractivity contribution is 5.89. The van der Waals surface area contributed by atoms with E-state index in [0.717, 1.165) is 19.3 Å². The number of benzene rings is 1. The van der Waals surface area contributed by atoms with Gasteiger partial charge < -0.3 is 58.7 Å². The van der Waals surface area contributed by atoms with Gasteiger partial charge in [0.25, 0.3) is 0 Å². The number of allylic oxidation sites excluding steroid dienone is 1. The third kappa shape index (κ3) is 8.88. The first kappa shape index (κ1) is 48.7. The molecule has 17 nitrogen and oxygen atoms in total. The molecule has 17 atom stereocenters. The molecule has 4 aliphatic carbocycles. The summed E-state index contributed by atoms with van der Waals surface area (Å²) in [6.07, 6.45) is -1.37. The Morgan fingerprint density at radius 3 is 2.32 bits per heavy atom. The first-order valence-electron chi connectivity index (χ1n) is 23.6. The average molecular weight is 925 g/mol. The first-order chi connectivity index (χ1) is 31.4. The maximum atomic E-state index is 14.2. The number of hydrogen-bond donors (Lipinski definition) is 5. The molecular formula is C49H68N2O15. The topological polar surface area (TPSA) is 235 Å². The molecule has 5 fully saturated rings. The number of carbonyl (C=O) groups excluding carboxylic acids is 3. The van der Waals surface area contributed by atoms with Crippen LogP contribution in [0, 0.1) is 40.4 Å². The highest BCUT2D eigenvalue weighted by Crippen LogP contribution is 2.69. The van der Waals surface area contributed by atoms with Crippen molar-refractivity contribution in [3.05, 3.63) is 60.2 Å². The Morgan fingerprint density at radius 1 is 0.894 bits per heavy atom. The van der Waals surface area contributed by atoms with Crippen molar-refractivity contribution < 1.29 is 73.1 Å². The zero-order valence-electron chi connectivity index (χ0n) is 38.8. The lowest BCUT2D eigenvalue weighted by atomic mass is 9.46. The van der Waals surface area contributed by atoms with Gasteiger partial charge in [0, 0.05) is 36.6 Å². The fourth-order valence-electron chi connectivity index (χ4n) is 12.5. The molecule has 1 aromatic carbocycles. The Kier molecular flexibility index (Phi) is 14.2. The summed E-state index contributed by atoms with van der Waals surface area (Å²) in [5, 5.41) is 58.1. The Labute approximate surface area is 385 Å². The van der Waals surface area contributed by atoms with Crippen LogP contribution in [0.1, 0.15) is 103 Å². The number of ketones is 1. The number of fused-ring (bicyclic) bond motifs is 5. The van der Waals surface area contributed by atoms with Gasteiger partial charge in [-0.1, -0.05) is 46.3 Å². The molecule has 9 unspecified atom stereocenters. The molecule has 66 heavy (non-hydrogen) atoms. The molecule has 6 aliphatic rings. The lowest BCUT2D eigenvalue weighted by Crippen LogP contribution is -2.63. The van der Waals surface area contributed by atoms with Crippen LogP contribution in [-0.2, 0) is 33.2 Å². The lowest BCUT2D eigenvalue weighted by Gasteiger charge is -2.59. The Bertz CT molecular complexity index is 2060. The summed E-state index contributed by atoms with van der Waals surface area (Å²) in [7, 11) is 1.48. The van der Waals surface area contributed by atoms with Crippen LogP contribution in [0.15, 0.2) is 54.6 Å². The molecule has 5 N–H and O–H groups in total. The maximum absolute atomic E-state index is 14.2. The zero-order valence-corrected chi connectivity index (χ0v) is 38.8. The minimum absolute atomic E-state index is 0.0719. The van der Waals surface area contributed by atoms with Crippen LogP contribution >= 0.6 is 0 Å². The van der Waals surface area contributed by atoms with Crippen molar-refractivity contribution in [1.82, 2.24) is 9.55 Å². The van der Waals surface area contributed by atoms with Gasteiger partial charge in [0.15, 0.2) is 18.7 Å². The van der Waals surface area contributed by atoms with Crippen LogP contribution < -0.4 is 4.74 Å². The van der Waals surface area contributed by atoms with Gasteiger partial charge in [0.05, 0.1) is 32.0 Å². The summed E-state index contributed by atoms with van der Waals surface area (Å²) >= 11 is 0. The van der Waals surface area contributed by atoms with E-state index in [4.69, 9.17) is 33.2 Å². The van der Waals surface area contributed by atoms with Gasteiger partial charge >= 0.3 is 12.1 Å². The summed E-state index contributed by atoms with van der Waals surface area (Å²) in [4.78, 5) is 44.2. The normalized spacial score (nSPS) is 40.3. The van der Waals surface area contributed by atoms with Crippen LogP contribution in [0.4, 0.5) is 4.79 Å². The number of carbonyl (C=O) groups is 3. The van der Waals surface area contributed by atoms with Gasteiger partial charge in [-0.2, -0.15) is 0 Å². The number of nitrogens with zero attached hydrogens (tertiary/aromatic N) is 2. The molecule has 364 valence electrons. The van der Waals surface area contributed by atoms with Gasteiger partial charge in [0.2, 0.25) is 0 Å². The second-order valence-electron chi connectivity index (χ2n) is 20.5. The molecule has 0 radical (unpaired) electrons. The molecule has 1 aromatic heterocycles. The summed E-state index contributed by atoms with van der Waals surface area (Å²) in [6, 6.07) is 6.06. The molecule has 0 bridgehead atoms. The summed E-state index contributed by atoms with van der Waals surface area (Å²) in [6.45, 7) is 9.54. The van der Waals surface area contributed by atoms with Crippen molar-refractivity contribution in [3.8, 4) is 5.75 Å². The van der Waals surface area contributed by atoms with E-state index < -0.39 is 90.9 Å². The monoisotopic (exact) mass is 924 g/mol. The highest BCUT2D eigenvalue weighted by Gasteiger charge is 2.70. The molecule has 2 aliphatic heterocycles. The average Bonchev–Trinajstić information content (AvgIpc) is 3.93. The number of aliphatic hydroxyl groups is 5. The highest BCUT2D eigenvalue weighted by atomic mass is 16.7. The summed E-state index contributed by atoms with van der Waals surface area (Å²) in [5.74, 6) is -0.660. The number of ether oxygens (including phenoxy) is 7. The minimum atomic E-state index is -1.68. The van der Waals surface area contributed by atoms with E-state index in [2.05, 4.69) is 38.8 Å². The second-order valence-corrected chi connectivity index (χ2v) is 20.5. The number of imidazole rings is 1. The number of aromatic nitrogens is 2. The maximum Gasteiger partial charge on any atom is 0.419 e. The van der Waals surface area contributed by atoms with Crippen molar-refractivity contribution in [2.45, 2.75) is 159 Å². The Hall–Kier alpha value is -3.78. The number of esters is 1. The summed E-state index contributed by atoms with van der Waals surface area (Å²) < 4.78 is 42.6. The van der Waals surface area contributed by atoms with Crippen LogP contribution in [0.25, 0.3) is 0 Å². The standard InChI is InChI=1S/C49H68N2O15/c1-26(2)7-14-35(52)27(3)49(59)38(22-34-32-13-10-29-21-31(63-46(58)51-20-19-50-25-51)15-17-47(29,4)33(32)16-18-48(34,49)5)64-44-40(56)41(37(54)24-61-44)66-45-42(39(55)36(53)23-62-45)65-43(57)28-8-11-30(60-6)12-9-28/h8-12,19-20,25-27,31-34,36-42,44-45,53-56,59H,7,13-18,21-24H2,1-6H3/t27-,31+,32-,33?,34+,36?,37?,38+,39?,40?,41?,42?,44?,45?,47+,48+,49-/m1/s1. The smallest absolute Gasteiger partial charge is 0.419 e. The predicted molar refractivity (Wildman–Crippen MR) is 234 cm³/mol. The van der Waals surface area contributed by atoms with Gasteiger partial charge in [-0.05, 0) is 98.3 Å². The number of hydrogen-bond acceptors (Lipinski definition) is 16. The number of methoxy groups -OCH3 is 1. The SMILES string of the molecule is COc1ccc(C(=O)OC2C(OC3C(O)COC(O[C@H]4C[C@H]5[C@@H]6CC=C7C[C@@H](OC(=O)n8ccnc8)CC[C@]7(C)C6CC[C@]5(C)[C@@]4(O)[C@H](C)C(=O)CCC(C)C)C3O)OCC(O)C2O)cc1. The van der Waals surface area contributed by atoms with Crippen LogP contribution in [0.5, 0.6) is 5.75 Å². The van der Waals surface area contributed by atoms with Crippen molar-refractivity contribution >= 4 is 17.8 Å². The van der Waals surface area contributed by atoms with E-state index in [9.17, 15) is 39.9 Å². The molecule has 8 rings (SSSR count). The van der Waals surface area contributed by atoms with Crippen molar-refractivity contribution in [3.63, 3.8) is 0 Å². The molecule has 17 heteroatoms. The Morgan fingerprint density at radius 2 is 1.62 bits per heavy atom. The lowest BCUT2D eigenvalue weighted by molar-refractivity contribution is -0.344. The number of Topliss-reactive ketones (excluding diaryl/α,β-unsaturated/α-hetero) is 1. The van der Waals surface area contributed by atoms with E-state index in [0.29, 0.717) is 37.9 Å². The van der Waals surface area contributed by atoms with Crippen LogP contribution in [-0.4, -0.2) is 140 Å². The molecule has 0 amide bonds. The first-order valence-corrected chi connectivity index (χ1v) is 23.6.